The van der Waals surface area contributed by atoms with Crippen LogP contribution < -0.4 is 0 Å². The van der Waals surface area contributed by atoms with Crippen molar-refractivity contribution < 1.29 is 86.4 Å². The monoisotopic (exact) mass is 1080 g/mol. The highest BCUT2D eigenvalue weighted by molar-refractivity contribution is 5.81. The summed E-state index contributed by atoms with van der Waals surface area (Å²) in [5.41, 5.74) is -1.86. The first-order valence-electron chi connectivity index (χ1n) is 29.3. The number of ether oxygens (including phenoxy) is 14. The van der Waals surface area contributed by atoms with E-state index in [2.05, 4.69) is 52.0 Å². The van der Waals surface area contributed by atoms with E-state index in [0.717, 1.165) is 25.9 Å². The summed E-state index contributed by atoms with van der Waals surface area (Å²) in [4.78, 5) is 12.3. The molecule has 9 saturated heterocycles. The van der Waals surface area contributed by atoms with Gasteiger partial charge in [0.05, 0.1) is 123 Å². The molecule has 0 bridgehead atoms. The van der Waals surface area contributed by atoms with Crippen molar-refractivity contribution in [2.45, 2.75) is 270 Å². The Balaban J connectivity index is 0.720. The molecule has 0 saturated carbocycles. The number of hydrogen-bond acceptors (Lipinski definition) is 18. The highest BCUT2D eigenvalue weighted by atomic mass is 16.7. The molecule has 18 heteroatoms. The number of fused-ring (bicyclic) bond motifs is 9. The van der Waals surface area contributed by atoms with Crippen molar-refractivity contribution in [1.82, 2.24) is 0 Å². The first-order valence-corrected chi connectivity index (χ1v) is 29.3. The third kappa shape index (κ3) is 10.5. The maximum Gasteiger partial charge on any atom is 0.333 e. The van der Waals surface area contributed by atoms with Crippen LogP contribution in [0.2, 0.25) is 0 Å². The van der Waals surface area contributed by atoms with E-state index in [1.54, 1.807) is 0 Å². The average Bonchev–Trinajstić information content (AvgIpc) is 4.02. The molecular formula is C59H86O18. The third-order valence-electron chi connectivity index (χ3n) is 20.3. The Hall–Kier alpha value is -2.37. The minimum Gasteiger partial charge on any atom is -0.495 e. The molecule has 0 amide bonds. The molecule has 12 aliphatic heterocycles. The van der Waals surface area contributed by atoms with Crippen molar-refractivity contribution in [3.05, 3.63) is 48.8 Å². The van der Waals surface area contributed by atoms with Gasteiger partial charge in [0.1, 0.15) is 60.5 Å². The van der Waals surface area contributed by atoms with Crippen molar-refractivity contribution in [2.75, 3.05) is 20.3 Å². The Morgan fingerprint density at radius 2 is 1.36 bits per heavy atom. The van der Waals surface area contributed by atoms with Crippen LogP contribution >= 0.6 is 0 Å². The van der Waals surface area contributed by atoms with Crippen LogP contribution in [0.4, 0.5) is 0 Å². The van der Waals surface area contributed by atoms with Gasteiger partial charge in [0.15, 0.2) is 0 Å². The van der Waals surface area contributed by atoms with Crippen LogP contribution in [0.25, 0.3) is 0 Å². The van der Waals surface area contributed by atoms with E-state index in [1.807, 2.05) is 26.0 Å². The van der Waals surface area contributed by atoms with Gasteiger partial charge in [-0.25, -0.2) is 4.79 Å². The van der Waals surface area contributed by atoms with Gasteiger partial charge in [-0.05, 0) is 70.6 Å². The summed E-state index contributed by atoms with van der Waals surface area (Å²) in [7, 11) is 1.31. The molecule has 0 aromatic carbocycles. The molecule has 30 atom stereocenters. The summed E-state index contributed by atoms with van der Waals surface area (Å²) in [6, 6.07) is 0. The number of aliphatic hydroxyl groups is 3. The van der Waals surface area contributed by atoms with Crippen LogP contribution in [0.5, 0.6) is 0 Å². The van der Waals surface area contributed by atoms with E-state index in [1.165, 1.54) is 19.4 Å². The molecule has 18 nitrogen and oxygen atoms in total. The zero-order valence-electron chi connectivity index (χ0n) is 45.9. The lowest BCUT2D eigenvalue weighted by atomic mass is 9.72. The molecule has 9 fully saturated rings. The second-order valence-corrected chi connectivity index (χ2v) is 25.3. The zero-order chi connectivity index (χ0) is 53.5. The van der Waals surface area contributed by atoms with Crippen LogP contribution in [0.1, 0.15) is 112 Å². The van der Waals surface area contributed by atoms with E-state index in [4.69, 9.17) is 66.3 Å². The molecule has 0 aromatic heterocycles. The quantitative estimate of drug-likeness (QED) is 0.128. The fraction of sp³-hybridized carbons (Fsp3) is 0.847. The van der Waals surface area contributed by atoms with Gasteiger partial charge in [-0.3, -0.25) is 0 Å². The fourth-order valence-electron chi connectivity index (χ4n) is 15.5. The highest BCUT2D eigenvalue weighted by Crippen LogP contribution is 2.52. The summed E-state index contributed by atoms with van der Waals surface area (Å²) in [5, 5.41) is 35.8. The molecule has 0 spiro atoms. The maximum absolute atomic E-state index is 12.6. The summed E-state index contributed by atoms with van der Waals surface area (Å²) in [5.74, 6) is -0.565. The number of methoxy groups -OCH3 is 1. The number of hydrogen-bond donors (Lipinski definition) is 3. The second-order valence-electron chi connectivity index (χ2n) is 25.3. The van der Waals surface area contributed by atoms with Crippen molar-refractivity contribution in [3.63, 3.8) is 0 Å². The number of carbonyl (C=O) groups excluding carboxylic acids is 1. The first-order chi connectivity index (χ1) is 37.1. The summed E-state index contributed by atoms with van der Waals surface area (Å²) in [6.07, 6.45) is 12.0. The van der Waals surface area contributed by atoms with Gasteiger partial charge in [-0.2, -0.15) is 0 Å². The maximum atomic E-state index is 12.6. The van der Waals surface area contributed by atoms with Gasteiger partial charge in [-0.15, -0.1) is 0 Å². The second kappa shape index (κ2) is 22.4. The number of rotatable bonds is 8. The molecule has 12 heterocycles. The molecule has 3 N–H and O–H groups in total. The van der Waals surface area contributed by atoms with E-state index < -0.39 is 72.1 Å². The van der Waals surface area contributed by atoms with Crippen LogP contribution in [-0.4, -0.2) is 199 Å². The molecule has 77 heavy (non-hydrogen) atoms. The normalized spacial score (nSPS) is 53.4. The first kappa shape index (κ1) is 55.2. The molecule has 430 valence electrons. The number of esters is 1. The molecule has 0 aliphatic carbocycles. The van der Waals surface area contributed by atoms with Crippen molar-refractivity contribution in [2.24, 2.45) is 23.7 Å². The Morgan fingerprint density at radius 1 is 0.662 bits per heavy atom. The lowest BCUT2D eigenvalue weighted by Crippen LogP contribution is -2.71. The van der Waals surface area contributed by atoms with Crippen LogP contribution in [0.3, 0.4) is 0 Å². The van der Waals surface area contributed by atoms with E-state index in [9.17, 15) is 20.1 Å². The van der Waals surface area contributed by atoms with Crippen LogP contribution in [0, 0.1) is 23.7 Å². The minimum atomic E-state index is -1.24. The number of aliphatic hydroxyl groups excluding tert-OH is 3. The molecule has 0 aromatic rings. The van der Waals surface area contributed by atoms with Gasteiger partial charge >= 0.3 is 5.97 Å². The van der Waals surface area contributed by atoms with Gasteiger partial charge in [0.25, 0.3) is 0 Å². The largest absolute Gasteiger partial charge is 0.495 e. The van der Waals surface area contributed by atoms with Gasteiger partial charge in [-0.1, -0.05) is 64.2 Å². The van der Waals surface area contributed by atoms with Gasteiger partial charge in [0, 0.05) is 44.1 Å². The van der Waals surface area contributed by atoms with E-state index in [-0.39, 0.29) is 122 Å². The Morgan fingerprint density at radius 3 is 2.17 bits per heavy atom. The third-order valence-corrected chi connectivity index (χ3v) is 20.3. The Bertz CT molecular complexity index is 2190. The fourth-order valence-corrected chi connectivity index (χ4v) is 15.5. The molecule has 12 rings (SSSR count). The van der Waals surface area contributed by atoms with Crippen molar-refractivity contribution >= 4 is 5.97 Å². The number of carbonyl (C=O) groups is 1. The Kier molecular flexibility index (Phi) is 16.1. The van der Waals surface area contributed by atoms with E-state index in [0.29, 0.717) is 51.6 Å². The van der Waals surface area contributed by atoms with Crippen molar-refractivity contribution in [1.29, 1.82) is 0 Å². The minimum absolute atomic E-state index is 0.00500. The molecule has 12 aliphatic rings. The summed E-state index contributed by atoms with van der Waals surface area (Å²) < 4.78 is 92.3. The predicted octanol–water partition coefficient (Wildman–Crippen LogP) is 4.90. The average molecular weight is 1080 g/mol. The summed E-state index contributed by atoms with van der Waals surface area (Å²) in [6.45, 7) is 13.7. The SMILES string of the molecule is COC(=O)/C=C/O[C@@H]1C[C@@H]2O[C@@H]3C[C@@H]4O[C@@H]5[C@@H](O[C@@]5(C)[C@@H](C)[C@H]5CCCO5)[C@@H](O)[C@H](C)[C@H]4O[C@H]3C[C@@H](C)C[C@H]2O[C@@]1(C)[C@H](O)C[C@H]1O[C@H]2/C=C\C[C@H]3O[C@H]4C[C@H]5O[C@H]6CC=CCO[C@@H]6[C@@H](O)[C@@H]5O[C@@H]4C=C[C@@H]3O[C@@H]2C[C@@H]1C. The van der Waals surface area contributed by atoms with Gasteiger partial charge in [0.2, 0.25) is 0 Å². The van der Waals surface area contributed by atoms with Crippen LogP contribution in [-0.2, 0) is 71.1 Å². The lowest BCUT2D eigenvalue weighted by Gasteiger charge is -2.57. The smallest absolute Gasteiger partial charge is 0.333 e. The topological polar surface area (TPSA) is 207 Å². The van der Waals surface area contributed by atoms with E-state index >= 15 is 0 Å². The molecular weight excluding hydrogens is 997 g/mol. The Labute approximate surface area is 453 Å². The standard InChI is InChI=1S/C59H86O18/c1-29-22-40-43(26-46-53(74-40)31(3)51(62)56-57(75-46)58(5,77-56)32(4)33-15-11-20-65-33)72-44-28-49(66-21-18-50(61)64-7)59(6,76-45(44)23-29)48(60)27-39-30(2)24-41-35(68-39)14-10-13-34-36(70-41)16-17-37-42(69-34)25-47-55(73-37)52(63)54-38(71-47)12-8-9-19-67-54/h8-10,14,16-18,21,29-49,51-57,60,62-63H,11-13,15,19-20,22-28H2,1-7H3/b14-10-,21-18+/t29-,30+,31+,32+,33-,34-,35+,36+,37-,38+,39-,40+,41-,42+,43-,44+,45-,46+,47-,48-,49-,51+,52-,53-,54+,55-,56+,57-,58+,59+/m1/s1. The highest BCUT2D eigenvalue weighted by Gasteiger charge is 2.65. The molecule has 0 unspecified atom stereocenters. The van der Waals surface area contributed by atoms with Crippen molar-refractivity contribution in [3.8, 4) is 0 Å². The van der Waals surface area contributed by atoms with Gasteiger partial charge < -0.3 is 81.6 Å². The summed E-state index contributed by atoms with van der Waals surface area (Å²) >= 11 is 0. The lowest BCUT2D eigenvalue weighted by molar-refractivity contribution is -0.349. The van der Waals surface area contributed by atoms with Crippen LogP contribution in [0.15, 0.2) is 48.8 Å². The zero-order valence-corrected chi connectivity index (χ0v) is 45.9. The predicted molar refractivity (Wildman–Crippen MR) is 274 cm³/mol. The molecule has 0 radical (unpaired) electrons.